The van der Waals surface area contributed by atoms with Gasteiger partial charge in [0.2, 0.25) is 0 Å². The largest absolute Gasteiger partial charge is 0.490 e. The number of benzene rings is 1. The summed E-state index contributed by atoms with van der Waals surface area (Å²) in [6.07, 6.45) is 3.81. The van der Waals surface area contributed by atoms with Gasteiger partial charge >= 0.3 is 0 Å². The Morgan fingerprint density at radius 1 is 1.13 bits per heavy atom. The SMILES string of the molecule is CCOc1cc(CNC2CCC(O)CC2)ccc1OCC(C)C. The quantitative estimate of drug-likeness (QED) is 0.769. The van der Waals surface area contributed by atoms with E-state index in [4.69, 9.17) is 9.47 Å². The highest BCUT2D eigenvalue weighted by Crippen LogP contribution is 2.29. The van der Waals surface area contributed by atoms with Crippen LogP contribution in [0.2, 0.25) is 0 Å². The summed E-state index contributed by atoms with van der Waals surface area (Å²) >= 11 is 0. The summed E-state index contributed by atoms with van der Waals surface area (Å²) < 4.78 is 11.6. The molecule has 0 aromatic heterocycles. The third-order valence-corrected chi connectivity index (χ3v) is 4.17. The van der Waals surface area contributed by atoms with Gasteiger partial charge in [-0.25, -0.2) is 0 Å². The number of aliphatic hydroxyl groups is 1. The zero-order valence-corrected chi connectivity index (χ0v) is 14.7. The minimum atomic E-state index is -0.102. The Morgan fingerprint density at radius 3 is 2.52 bits per heavy atom. The first-order valence-electron chi connectivity index (χ1n) is 8.88. The highest BCUT2D eigenvalue weighted by atomic mass is 16.5. The standard InChI is InChI=1S/C19H31NO3/c1-4-22-19-11-15(5-10-18(19)23-13-14(2)3)12-20-16-6-8-17(21)9-7-16/h5,10-11,14,16-17,20-21H,4,6-9,12-13H2,1-3H3. The van der Waals surface area contributed by atoms with Crippen LogP contribution in [-0.4, -0.2) is 30.5 Å². The van der Waals surface area contributed by atoms with Crippen molar-refractivity contribution >= 4 is 0 Å². The van der Waals surface area contributed by atoms with Crippen molar-refractivity contribution in [2.24, 2.45) is 5.92 Å². The summed E-state index contributed by atoms with van der Waals surface area (Å²) in [7, 11) is 0. The van der Waals surface area contributed by atoms with Crippen molar-refractivity contribution in [3.63, 3.8) is 0 Å². The van der Waals surface area contributed by atoms with Crippen LogP contribution >= 0.6 is 0 Å². The molecule has 1 aliphatic carbocycles. The second-order valence-electron chi connectivity index (χ2n) is 6.81. The molecule has 2 rings (SSSR count). The van der Waals surface area contributed by atoms with Crippen molar-refractivity contribution in [1.82, 2.24) is 5.32 Å². The molecule has 0 spiro atoms. The summed E-state index contributed by atoms with van der Waals surface area (Å²) in [5.41, 5.74) is 1.21. The Bertz CT molecular complexity index is 468. The zero-order chi connectivity index (χ0) is 16.7. The van der Waals surface area contributed by atoms with E-state index in [1.165, 1.54) is 5.56 Å². The molecule has 0 atom stereocenters. The van der Waals surface area contributed by atoms with Gasteiger partial charge in [0.05, 0.1) is 19.3 Å². The molecule has 0 heterocycles. The molecule has 130 valence electrons. The minimum absolute atomic E-state index is 0.102. The lowest BCUT2D eigenvalue weighted by Gasteiger charge is -2.26. The Kier molecular flexibility index (Phi) is 7.18. The molecule has 1 fully saturated rings. The molecule has 4 nitrogen and oxygen atoms in total. The predicted molar refractivity (Wildman–Crippen MR) is 93.0 cm³/mol. The molecule has 2 N–H and O–H groups in total. The monoisotopic (exact) mass is 321 g/mol. The molecule has 1 saturated carbocycles. The number of ether oxygens (including phenoxy) is 2. The molecule has 1 aliphatic rings. The fraction of sp³-hybridized carbons (Fsp3) is 0.684. The molecule has 0 amide bonds. The molecule has 23 heavy (non-hydrogen) atoms. The van der Waals surface area contributed by atoms with Gasteiger partial charge in [0.1, 0.15) is 0 Å². The summed E-state index contributed by atoms with van der Waals surface area (Å²) in [5, 5.41) is 13.2. The van der Waals surface area contributed by atoms with Gasteiger partial charge in [-0.05, 0) is 56.2 Å². The van der Waals surface area contributed by atoms with Gasteiger partial charge in [-0.15, -0.1) is 0 Å². The van der Waals surface area contributed by atoms with E-state index in [-0.39, 0.29) is 6.10 Å². The summed E-state index contributed by atoms with van der Waals surface area (Å²) in [6, 6.07) is 6.69. The van der Waals surface area contributed by atoms with Gasteiger partial charge in [-0.1, -0.05) is 19.9 Å². The van der Waals surface area contributed by atoms with Crippen LogP contribution in [0.5, 0.6) is 11.5 Å². The van der Waals surface area contributed by atoms with Crippen LogP contribution in [0.1, 0.15) is 52.0 Å². The van der Waals surface area contributed by atoms with E-state index >= 15 is 0 Å². The normalized spacial score (nSPS) is 21.4. The third kappa shape index (κ3) is 6.04. The van der Waals surface area contributed by atoms with E-state index in [0.717, 1.165) is 43.7 Å². The second-order valence-corrected chi connectivity index (χ2v) is 6.81. The average molecular weight is 321 g/mol. The third-order valence-electron chi connectivity index (χ3n) is 4.17. The Balaban J connectivity index is 1.92. The second kappa shape index (κ2) is 9.14. The van der Waals surface area contributed by atoms with E-state index in [9.17, 15) is 5.11 Å². The first-order valence-corrected chi connectivity index (χ1v) is 8.88. The fourth-order valence-electron chi connectivity index (χ4n) is 2.85. The van der Waals surface area contributed by atoms with Gasteiger partial charge < -0.3 is 19.9 Å². The molecular formula is C19H31NO3. The number of rotatable bonds is 8. The molecule has 1 aromatic rings. The highest BCUT2D eigenvalue weighted by molar-refractivity contribution is 5.43. The molecule has 0 radical (unpaired) electrons. The van der Waals surface area contributed by atoms with Crippen LogP contribution in [0, 0.1) is 5.92 Å². The van der Waals surface area contributed by atoms with Crippen molar-refractivity contribution < 1.29 is 14.6 Å². The van der Waals surface area contributed by atoms with Gasteiger partial charge in [0.15, 0.2) is 11.5 Å². The average Bonchev–Trinajstić information content (AvgIpc) is 2.53. The van der Waals surface area contributed by atoms with Gasteiger partial charge in [-0.3, -0.25) is 0 Å². The van der Waals surface area contributed by atoms with Crippen LogP contribution < -0.4 is 14.8 Å². The van der Waals surface area contributed by atoms with Gasteiger partial charge in [-0.2, -0.15) is 0 Å². The van der Waals surface area contributed by atoms with Crippen molar-refractivity contribution in [3.05, 3.63) is 23.8 Å². The number of nitrogens with one attached hydrogen (secondary N) is 1. The molecule has 1 aromatic carbocycles. The molecule has 0 bridgehead atoms. The van der Waals surface area contributed by atoms with E-state index in [1.54, 1.807) is 0 Å². The van der Waals surface area contributed by atoms with Crippen LogP contribution in [0.3, 0.4) is 0 Å². The van der Waals surface area contributed by atoms with Crippen molar-refractivity contribution in [2.45, 2.75) is 65.1 Å². The lowest BCUT2D eigenvalue weighted by Crippen LogP contribution is -2.34. The van der Waals surface area contributed by atoms with Crippen LogP contribution in [-0.2, 0) is 6.54 Å². The fourth-order valence-corrected chi connectivity index (χ4v) is 2.85. The minimum Gasteiger partial charge on any atom is -0.490 e. The summed E-state index contributed by atoms with van der Waals surface area (Å²) in [6.45, 7) is 8.42. The van der Waals surface area contributed by atoms with E-state index in [1.807, 2.05) is 13.0 Å². The molecule has 0 unspecified atom stereocenters. The van der Waals surface area contributed by atoms with Crippen molar-refractivity contribution in [2.75, 3.05) is 13.2 Å². The molecule has 0 saturated heterocycles. The summed E-state index contributed by atoms with van der Waals surface area (Å²) in [4.78, 5) is 0. The molecule has 0 aliphatic heterocycles. The van der Waals surface area contributed by atoms with Gasteiger partial charge in [0.25, 0.3) is 0 Å². The van der Waals surface area contributed by atoms with E-state index in [2.05, 4.69) is 31.3 Å². The maximum Gasteiger partial charge on any atom is 0.161 e. The number of hydrogen-bond acceptors (Lipinski definition) is 4. The lowest BCUT2D eigenvalue weighted by molar-refractivity contribution is 0.116. The number of aliphatic hydroxyl groups excluding tert-OH is 1. The predicted octanol–water partition coefficient (Wildman–Crippen LogP) is 3.51. The topological polar surface area (TPSA) is 50.7 Å². The lowest BCUT2D eigenvalue weighted by atomic mass is 9.93. The highest BCUT2D eigenvalue weighted by Gasteiger charge is 2.18. The smallest absolute Gasteiger partial charge is 0.161 e. The van der Waals surface area contributed by atoms with E-state index in [0.29, 0.717) is 25.2 Å². The van der Waals surface area contributed by atoms with Gasteiger partial charge in [0, 0.05) is 12.6 Å². The van der Waals surface area contributed by atoms with Crippen molar-refractivity contribution in [3.8, 4) is 11.5 Å². The Morgan fingerprint density at radius 2 is 1.87 bits per heavy atom. The zero-order valence-electron chi connectivity index (χ0n) is 14.7. The maximum absolute atomic E-state index is 9.57. The molecular weight excluding hydrogens is 290 g/mol. The Hall–Kier alpha value is -1.26. The van der Waals surface area contributed by atoms with E-state index < -0.39 is 0 Å². The van der Waals surface area contributed by atoms with Crippen molar-refractivity contribution in [1.29, 1.82) is 0 Å². The van der Waals surface area contributed by atoms with Crippen LogP contribution in [0.25, 0.3) is 0 Å². The summed E-state index contributed by atoms with van der Waals surface area (Å²) in [5.74, 6) is 2.14. The Labute approximate surface area is 140 Å². The maximum atomic E-state index is 9.57. The number of hydrogen-bond donors (Lipinski definition) is 2. The van der Waals surface area contributed by atoms with Crippen LogP contribution in [0.15, 0.2) is 18.2 Å². The first kappa shape index (κ1) is 18.1. The van der Waals surface area contributed by atoms with Crippen LogP contribution in [0.4, 0.5) is 0 Å². The molecule has 4 heteroatoms. The first-order chi connectivity index (χ1) is 11.1.